The Labute approximate surface area is 229 Å². The Morgan fingerprint density at radius 3 is 2.29 bits per heavy atom. The molecule has 12 heteroatoms. The molecule has 0 aliphatic rings. The zero-order valence-electron chi connectivity index (χ0n) is 20.4. The van der Waals surface area contributed by atoms with Crippen LogP contribution < -0.4 is 10.5 Å². The highest BCUT2D eigenvalue weighted by atomic mass is 35.5. The third kappa shape index (κ3) is 5.97. The number of rotatable bonds is 8. The Balaban J connectivity index is 2.05. The number of halogens is 2. The van der Waals surface area contributed by atoms with E-state index in [-0.39, 0.29) is 42.9 Å². The summed E-state index contributed by atoms with van der Waals surface area (Å²) in [4.78, 5) is 37.2. The molecule has 0 aliphatic carbocycles. The molecule has 3 aromatic carbocycles. The predicted molar refractivity (Wildman–Crippen MR) is 140 cm³/mol. The van der Waals surface area contributed by atoms with Crippen molar-refractivity contribution in [3.05, 3.63) is 92.5 Å². The molecule has 2 N–H and O–H groups in total. The van der Waals surface area contributed by atoms with Crippen LogP contribution >= 0.6 is 23.2 Å². The summed E-state index contributed by atoms with van der Waals surface area (Å²) in [5.41, 5.74) is 6.44. The van der Waals surface area contributed by atoms with E-state index < -0.39 is 33.7 Å². The van der Waals surface area contributed by atoms with Crippen molar-refractivity contribution in [2.45, 2.75) is 24.8 Å². The normalized spacial score (nSPS) is 11.8. The molecule has 0 spiro atoms. The van der Waals surface area contributed by atoms with Gasteiger partial charge in [0, 0.05) is 35.1 Å². The van der Waals surface area contributed by atoms with Crippen LogP contribution in [0.3, 0.4) is 0 Å². The number of ketones is 1. The SMILES string of the molecule is CC(=O)N(C)S(=O)(=O)c1ccc(C(Oc2ccc(Cl)cc2C(=O)c2cc(Cl)cc(C#N)c2)C(N)=O)c(C)c1. The first-order chi connectivity index (χ1) is 17.8. The Morgan fingerprint density at radius 1 is 1.03 bits per heavy atom. The fourth-order valence-electron chi connectivity index (χ4n) is 3.56. The first kappa shape index (κ1) is 28.7. The summed E-state index contributed by atoms with van der Waals surface area (Å²) in [5, 5.41) is 9.60. The summed E-state index contributed by atoms with van der Waals surface area (Å²) in [5.74, 6) is -2.19. The van der Waals surface area contributed by atoms with Crippen molar-refractivity contribution in [1.82, 2.24) is 4.31 Å². The van der Waals surface area contributed by atoms with Gasteiger partial charge < -0.3 is 10.5 Å². The Morgan fingerprint density at radius 2 is 1.71 bits per heavy atom. The minimum atomic E-state index is -4.11. The highest BCUT2D eigenvalue weighted by molar-refractivity contribution is 7.89. The van der Waals surface area contributed by atoms with Crippen molar-refractivity contribution < 1.29 is 27.5 Å². The molecule has 38 heavy (non-hydrogen) atoms. The predicted octanol–water partition coefficient (Wildman–Crippen LogP) is 4.18. The van der Waals surface area contributed by atoms with Gasteiger partial charge in [0.05, 0.1) is 22.1 Å². The maximum absolute atomic E-state index is 13.3. The highest BCUT2D eigenvalue weighted by Crippen LogP contribution is 2.32. The molecular formula is C26H21Cl2N3O6S. The number of hydrogen-bond acceptors (Lipinski definition) is 7. The van der Waals surface area contributed by atoms with E-state index in [0.717, 1.165) is 14.0 Å². The van der Waals surface area contributed by atoms with Gasteiger partial charge in [0.2, 0.25) is 12.0 Å². The second kappa shape index (κ2) is 11.2. The number of amides is 2. The third-order valence-electron chi connectivity index (χ3n) is 5.60. The van der Waals surface area contributed by atoms with Crippen molar-refractivity contribution in [2.75, 3.05) is 7.05 Å². The summed E-state index contributed by atoms with van der Waals surface area (Å²) in [6.07, 6.45) is -1.42. The number of hydrogen-bond donors (Lipinski definition) is 1. The molecule has 1 atom stereocenters. The lowest BCUT2D eigenvalue weighted by Crippen LogP contribution is -2.31. The molecule has 0 bridgehead atoms. The Kier molecular flexibility index (Phi) is 8.47. The molecule has 9 nitrogen and oxygen atoms in total. The number of nitrogens with zero attached hydrogens (tertiary/aromatic N) is 2. The van der Waals surface area contributed by atoms with Crippen LogP contribution in [0.15, 0.2) is 59.5 Å². The largest absolute Gasteiger partial charge is 0.475 e. The number of sulfonamides is 1. The first-order valence-corrected chi connectivity index (χ1v) is 13.1. The van der Waals surface area contributed by atoms with Gasteiger partial charge in [0.25, 0.3) is 15.9 Å². The van der Waals surface area contributed by atoms with Crippen molar-refractivity contribution in [1.29, 1.82) is 5.26 Å². The number of nitrogens with two attached hydrogens (primary N) is 1. The third-order valence-corrected chi connectivity index (χ3v) is 7.89. The van der Waals surface area contributed by atoms with Gasteiger partial charge in [-0.05, 0) is 61.0 Å². The quantitative estimate of drug-likeness (QED) is 0.397. The molecule has 3 rings (SSSR count). The minimum Gasteiger partial charge on any atom is -0.475 e. The van der Waals surface area contributed by atoms with Gasteiger partial charge in [-0.25, -0.2) is 12.7 Å². The smallest absolute Gasteiger partial charge is 0.266 e. The molecule has 0 saturated carbocycles. The summed E-state index contributed by atoms with van der Waals surface area (Å²) in [6, 6.07) is 14.1. The molecule has 0 fully saturated rings. The summed E-state index contributed by atoms with van der Waals surface area (Å²) >= 11 is 12.2. The van der Waals surface area contributed by atoms with E-state index in [4.69, 9.17) is 33.7 Å². The number of carbonyl (C=O) groups is 3. The maximum atomic E-state index is 13.3. The lowest BCUT2D eigenvalue weighted by molar-refractivity contribution is -0.125. The second-order valence-corrected chi connectivity index (χ2v) is 11.1. The van der Waals surface area contributed by atoms with Gasteiger partial charge >= 0.3 is 0 Å². The number of ether oxygens (including phenoxy) is 1. The monoisotopic (exact) mass is 573 g/mol. The van der Waals surface area contributed by atoms with Crippen molar-refractivity contribution >= 4 is 50.8 Å². The van der Waals surface area contributed by atoms with Gasteiger partial charge in [-0.2, -0.15) is 5.26 Å². The van der Waals surface area contributed by atoms with Crippen LogP contribution in [0.5, 0.6) is 5.75 Å². The van der Waals surface area contributed by atoms with E-state index in [2.05, 4.69) is 0 Å². The molecule has 1 unspecified atom stereocenters. The van der Waals surface area contributed by atoms with Crippen LogP contribution in [0.2, 0.25) is 10.0 Å². The van der Waals surface area contributed by atoms with Crippen molar-refractivity contribution in [3.63, 3.8) is 0 Å². The topological polar surface area (TPSA) is 148 Å². The molecule has 3 aromatic rings. The molecule has 0 aromatic heterocycles. The zero-order valence-corrected chi connectivity index (χ0v) is 22.7. The summed E-state index contributed by atoms with van der Waals surface area (Å²) < 4.78 is 31.9. The standard InChI is InChI=1S/C26H21Cl2N3O6S/c1-14-8-20(38(35,36)31(3)15(2)32)5-6-21(14)25(26(30)34)37-23-7-4-18(27)12-22(23)24(33)17-9-16(13-29)10-19(28)11-17/h4-12,25H,1-3H3,(H2,30,34). The number of nitriles is 1. The van der Waals surface area contributed by atoms with E-state index >= 15 is 0 Å². The van der Waals surface area contributed by atoms with Gasteiger partial charge in [0.15, 0.2) is 5.78 Å². The molecule has 0 saturated heterocycles. The van der Waals surface area contributed by atoms with Crippen LogP contribution in [0.4, 0.5) is 0 Å². The molecule has 2 amide bonds. The van der Waals surface area contributed by atoms with Crippen molar-refractivity contribution in [3.8, 4) is 11.8 Å². The minimum absolute atomic E-state index is 0.0187. The van der Waals surface area contributed by atoms with E-state index in [9.17, 15) is 28.1 Å². The average Bonchev–Trinajstić information content (AvgIpc) is 2.86. The lowest BCUT2D eigenvalue weighted by Gasteiger charge is -2.21. The van der Waals surface area contributed by atoms with Crippen LogP contribution in [-0.2, 0) is 19.6 Å². The summed E-state index contributed by atoms with van der Waals surface area (Å²) in [7, 11) is -2.98. The van der Waals surface area contributed by atoms with Crippen LogP contribution in [0, 0.1) is 18.3 Å². The van der Waals surface area contributed by atoms with Gasteiger partial charge in [-0.1, -0.05) is 29.3 Å². The van der Waals surface area contributed by atoms with E-state index in [1.807, 2.05) is 6.07 Å². The van der Waals surface area contributed by atoms with Crippen LogP contribution in [-0.4, -0.2) is 37.4 Å². The second-order valence-electron chi connectivity index (χ2n) is 8.22. The van der Waals surface area contributed by atoms with Crippen LogP contribution in [0.25, 0.3) is 0 Å². The maximum Gasteiger partial charge on any atom is 0.266 e. The van der Waals surface area contributed by atoms with Gasteiger partial charge in [-0.3, -0.25) is 14.4 Å². The number of primary amides is 1. The van der Waals surface area contributed by atoms with Gasteiger partial charge in [-0.15, -0.1) is 0 Å². The molecule has 196 valence electrons. The number of carbonyl (C=O) groups excluding carboxylic acids is 3. The molecular weight excluding hydrogens is 553 g/mol. The van der Waals surface area contributed by atoms with E-state index in [1.54, 1.807) is 6.92 Å². The first-order valence-electron chi connectivity index (χ1n) is 10.9. The average molecular weight is 574 g/mol. The van der Waals surface area contributed by atoms with E-state index in [1.165, 1.54) is 54.6 Å². The fraction of sp³-hybridized carbons (Fsp3) is 0.154. The molecule has 0 aliphatic heterocycles. The highest BCUT2D eigenvalue weighted by Gasteiger charge is 2.28. The number of aryl methyl sites for hydroxylation is 1. The summed E-state index contributed by atoms with van der Waals surface area (Å²) in [6.45, 7) is 2.66. The van der Waals surface area contributed by atoms with E-state index in [0.29, 0.717) is 9.87 Å². The lowest BCUT2D eigenvalue weighted by atomic mass is 10.00. The molecule has 0 heterocycles. The Bertz CT molecular complexity index is 1620. The Hall–Kier alpha value is -3.91. The zero-order chi connectivity index (χ0) is 28.4. The molecule has 0 radical (unpaired) electrons. The van der Waals surface area contributed by atoms with Crippen LogP contribution in [0.1, 0.15) is 45.6 Å². The fourth-order valence-corrected chi connectivity index (χ4v) is 5.18. The van der Waals surface area contributed by atoms with Gasteiger partial charge in [0.1, 0.15) is 5.75 Å². The number of benzene rings is 3. The van der Waals surface area contributed by atoms with Crippen molar-refractivity contribution in [2.24, 2.45) is 5.73 Å².